The van der Waals surface area contributed by atoms with Gasteiger partial charge in [0, 0.05) is 6.42 Å². The Bertz CT molecular complexity index is 683. The molecule has 0 aromatic heterocycles. The molecule has 1 saturated heterocycles. The van der Waals surface area contributed by atoms with E-state index in [1.165, 1.54) is 0 Å². The van der Waals surface area contributed by atoms with Crippen LogP contribution in [0.5, 0.6) is 0 Å². The predicted molar refractivity (Wildman–Crippen MR) is 86.7 cm³/mol. The summed E-state index contributed by atoms with van der Waals surface area (Å²) in [5, 5.41) is 0. The van der Waals surface area contributed by atoms with Gasteiger partial charge in [-0.1, -0.05) is 36.4 Å². The lowest BCUT2D eigenvalue weighted by Crippen LogP contribution is -2.32. The first kappa shape index (κ1) is 16.2. The molecule has 0 bridgehead atoms. The Morgan fingerprint density at radius 3 is 2.12 bits per heavy atom. The SMILES string of the molecule is O=C(OCC1OCCC1OC(=O)c1ccccc1)c1ccccc1. The topological polar surface area (TPSA) is 61.8 Å². The van der Waals surface area contributed by atoms with Crippen LogP contribution in [0.3, 0.4) is 0 Å². The standard InChI is InChI=1S/C19H18O5/c20-18(14-7-3-1-4-8-14)23-13-17-16(11-12-22-17)24-19(21)15-9-5-2-6-10-15/h1-10,16-17H,11-13H2. The first-order chi connectivity index (χ1) is 11.7. The van der Waals surface area contributed by atoms with Crippen molar-refractivity contribution in [1.82, 2.24) is 0 Å². The fourth-order valence-electron chi connectivity index (χ4n) is 2.51. The lowest BCUT2D eigenvalue weighted by atomic mass is 10.2. The predicted octanol–water partition coefficient (Wildman–Crippen LogP) is 2.86. The summed E-state index contributed by atoms with van der Waals surface area (Å²) in [7, 11) is 0. The number of ether oxygens (including phenoxy) is 3. The van der Waals surface area contributed by atoms with Gasteiger partial charge in [-0.2, -0.15) is 0 Å². The number of benzene rings is 2. The molecule has 0 spiro atoms. The van der Waals surface area contributed by atoms with Crippen molar-refractivity contribution in [2.45, 2.75) is 18.6 Å². The number of carbonyl (C=O) groups excluding carboxylic acids is 2. The first-order valence-electron chi connectivity index (χ1n) is 7.84. The van der Waals surface area contributed by atoms with Gasteiger partial charge in [0.25, 0.3) is 0 Å². The van der Waals surface area contributed by atoms with Crippen molar-refractivity contribution >= 4 is 11.9 Å². The van der Waals surface area contributed by atoms with E-state index in [9.17, 15) is 9.59 Å². The molecule has 1 fully saturated rings. The second-order valence-electron chi connectivity index (χ2n) is 5.47. The summed E-state index contributed by atoms with van der Waals surface area (Å²) < 4.78 is 16.3. The van der Waals surface area contributed by atoms with Crippen LogP contribution in [0.15, 0.2) is 60.7 Å². The second-order valence-corrected chi connectivity index (χ2v) is 5.47. The van der Waals surface area contributed by atoms with Crippen LogP contribution in [-0.2, 0) is 14.2 Å². The third-order valence-corrected chi connectivity index (χ3v) is 3.81. The third-order valence-electron chi connectivity index (χ3n) is 3.81. The molecule has 0 N–H and O–H groups in total. The minimum atomic E-state index is -0.440. The maximum atomic E-state index is 12.1. The van der Waals surface area contributed by atoms with Gasteiger partial charge in [0.2, 0.25) is 0 Å². The van der Waals surface area contributed by atoms with Crippen molar-refractivity contribution in [1.29, 1.82) is 0 Å². The zero-order chi connectivity index (χ0) is 16.8. The van der Waals surface area contributed by atoms with Crippen LogP contribution in [0.4, 0.5) is 0 Å². The van der Waals surface area contributed by atoms with E-state index in [0.717, 1.165) is 0 Å². The monoisotopic (exact) mass is 326 g/mol. The summed E-state index contributed by atoms with van der Waals surface area (Å²) in [6.07, 6.45) is -0.266. The molecule has 124 valence electrons. The molecule has 3 rings (SSSR count). The van der Waals surface area contributed by atoms with Gasteiger partial charge in [-0.3, -0.25) is 0 Å². The van der Waals surface area contributed by atoms with Crippen LogP contribution in [0.1, 0.15) is 27.1 Å². The summed E-state index contributed by atoms with van der Waals surface area (Å²) in [6, 6.07) is 17.5. The summed E-state index contributed by atoms with van der Waals surface area (Å²) >= 11 is 0. The molecular weight excluding hydrogens is 308 g/mol. The zero-order valence-electron chi connectivity index (χ0n) is 13.1. The zero-order valence-corrected chi connectivity index (χ0v) is 13.1. The van der Waals surface area contributed by atoms with Gasteiger partial charge in [0.15, 0.2) is 0 Å². The minimum absolute atomic E-state index is 0.0560. The van der Waals surface area contributed by atoms with E-state index in [2.05, 4.69) is 0 Å². The van der Waals surface area contributed by atoms with Gasteiger partial charge >= 0.3 is 11.9 Å². The first-order valence-corrected chi connectivity index (χ1v) is 7.84. The van der Waals surface area contributed by atoms with E-state index in [0.29, 0.717) is 24.2 Å². The molecule has 0 saturated carbocycles. The van der Waals surface area contributed by atoms with Crippen LogP contribution in [-0.4, -0.2) is 37.4 Å². The highest BCUT2D eigenvalue weighted by Gasteiger charge is 2.33. The molecule has 2 aromatic carbocycles. The van der Waals surface area contributed by atoms with Gasteiger partial charge in [-0.25, -0.2) is 9.59 Å². The quantitative estimate of drug-likeness (QED) is 0.791. The molecule has 1 heterocycles. The van der Waals surface area contributed by atoms with Gasteiger partial charge < -0.3 is 14.2 Å². The summed E-state index contributed by atoms with van der Waals surface area (Å²) in [5.74, 6) is -0.815. The second kappa shape index (κ2) is 7.75. The van der Waals surface area contributed by atoms with E-state index in [4.69, 9.17) is 14.2 Å². The maximum absolute atomic E-state index is 12.1. The van der Waals surface area contributed by atoms with E-state index in [-0.39, 0.29) is 6.61 Å². The van der Waals surface area contributed by atoms with Crippen molar-refractivity contribution in [3.63, 3.8) is 0 Å². The maximum Gasteiger partial charge on any atom is 0.338 e. The average molecular weight is 326 g/mol. The van der Waals surface area contributed by atoms with Crippen molar-refractivity contribution < 1.29 is 23.8 Å². The highest BCUT2D eigenvalue weighted by atomic mass is 16.6. The smallest absolute Gasteiger partial charge is 0.338 e. The van der Waals surface area contributed by atoms with Gasteiger partial charge in [-0.15, -0.1) is 0 Å². The van der Waals surface area contributed by atoms with Crippen molar-refractivity contribution in [2.24, 2.45) is 0 Å². The Morgan fingerprint density at radius 2 is 1.50 bits per heavy atom. The normalized spacial score (nSPS) is 19.7. The van der Waals surface area contributed by atoms with Gasteiger partial charge in [0.05, 0.1) is 17.7 Å². The Morgan fingerprint density at radius 1 is 0.917 bits per heavy atom. The van der Waals surface area contributed by atoms with Gasteiger partial charge in [-0.05, 0) is 24.3 Å². The largest absolute Gasteiger partial charge is 0.459 e. The van der Waals surface area contributed by atoms with Crippen molar-refractivity contribution in [3.05, 3.63) is 71.8 Å². The van der Waals surface area contributed by atoms with Crippen molar-refractivity contribution in [2.75, 3.05) is 13.2 Å². The van der Waals surface area contributed by atoms with Crippen LogP contribution in [0.25, 0.3) is 0 Å². The Hall–Kier alpha value is -2.66. The molecule has 2 unspecified atom stereocenters. The van der Waals surface area contributed by atoms with E-state index in [1.54, 1.807) is 48.5 Å². The molecule has 5 nitrogen and oxygen atoms in total. The average Bonchev–Trinajstić information content (AvgIpc) is 3.08. The van der Waals surface area contributed by atoms with Crippen molar-refractivity contribution in [3.8, 4) is 0 Å². The Balaban J connectivity index is 1.54. The summed E-state index contributed by atoms with van der Waals surface area (Å²) in [4.78, 5) is 24.1. The molecule has 0 amide bonds. The Labute approximate surface area is 140 Å². The molecule has 2 atom stereocenters. The highest BCUT2D eigenvalue weighted by Crippen LogP contribution is 2.19. The fourth-order valence-corrected chi connectivity index (χ4v) is 2.51. The molecular formula is C19H18O5. The molecule has 1 aliphatic rings. The van der Waals surface area contributed by atoms with Crippen LogP contribution in [0.2, 0.25) is 0 Å². The van der Waals surface area contributed by atoms with E-state index >= 15 is 0 Å². The summed E-state index contributed by atoms with van der Waals surface area (Å²) in [5.41, 5.74) is 0.970. The third kappa shape index (κ3) is 4.00. The number of hydrogen-bond donors (Lipinski definition) is 0. The van der Waals surface area contributed by atoms with E-state index < -0.39 is 24.1 Å². The summed E-state index contributed by atoms with van der Waals surface area (Å²) in [6.45, 7) is 0.529. The number of carbonyl (C=O) groups is 2. The van der Waals surface area contributed by atoms with Crippen LogP contribution >= 0.6 is 0 Å². The molecule has 24 heavy (non-hydrogen) atoms. The fraction of sp³-hybridized carbons (Fsp3) is 0.263. The molecule has 0 aliphatic carbocycles. The highest BCUT2D eigenvalue weighted by molar-refractivity contribution is 5.90. The number of esters is 2. The minimum Gasteiger partial charge on any atom is -0.459 e. The van der Waals surface area contributed by atoms with E-state index in [1.807, 2.05) is 12.1 Å². The molecule has 2 aromatic rings. The van der Waals surface area contributed by atoms with Crippen LogP contribution in [0, 0.1) is 0 Å². The Kier molecular flexibility index (Phi) is 5.23. The number of rotatable bonds is 5. The lowest BCUT2D eigenvalue weighted by Gasteiger charge is -2.19. The molecule has 1 aliphatic heterocycles. The molecule has 5 heteroatoms. The van der Waals surface area contributed by atoms with Crippen LogP contribution < -0.4 is 0 Å². The van der Waals surface area contributed by atoms with Gasteiger partial charge in [0.1, 0.15) is 18.8 Å². The lowest BCUT2D eigenvalue weighted by molar-refractivity contribution is -0.0282. The molecule has 0 radical (unpaired) electrons. The number of hydrogen-bond acceptors (Lipinski definition) is 5.